The molecule has 0 fully saturated rings. The van der Waals surface area contributed by atoms with Crippen molar-refractivity contribution in [2.24, 2.45) is 0 Å². The van der Waals surface area contributed by atoms with Crippen molar-refractivity contribution in [3.05, 3.63) is 35.7 Å². The van der Waals surface area contributed by atoms with E-state index in [2.05, 4.69) is 14.7 Å². The third kappa shape index (κ3) is 4.31. The average molecular weight is 343 g/mol. The Hall–Kier alpha value is -2.42. The fraction of sp³-hybridized carbons (Fsp3) is 0.400. The van der Waals surface area contributed by atoms with Crippen molar-refractivity contribution in [1.82, 2.24) is 15.2 Å². The van der Waals surface area contributed by atoms with Gasteiger partial charge in [0.05, 0.1) is 13.7 Å². The monoisotopic (exact) mass is 343 g/mol. The molecule has 0 spiro atoms. The highest BCUT2D eigenvalue weighted by molar-refractivity contribution is 5.75. The van der Waals surface area contributed by atoms with E-state index in [0.717, 1.165) is 5.56 Å². The highest BCUT2D eigenvalue weighted by atomic mass is 19.4. The number of rotatable bonds is 6. The van der Waals surface area contributed by atoms with Gasteiger partial charge in [0.15, 0.2) is 0 Å². The fourth-order valence-electron chi connectivity index (χ4n) is 1.97. The number of carbonyl (C=O) groups excluding carboxylic acids is 1. The molecule has 0 bridgehead atoms. The molecule has 0 aliphatic carbocycles. The van der Waals surface area contributed by atoms with Gasteiger partial charge in [0.2, 0.25) is 11.7 Å². The van der Waals surface area contributed by atoms with Gasteiger partial charge in [-0.2, -0.15) is 18.2 Å². The van der Waals surface area contributed by atoms with Crippen molar-refractivity contribution >= 4 is 5.91 Å². The molecule has 9 heteroatoms. The molecular formula is C15H16F3N3O3. The number of hydrogen-bond donors (Lipinski definition) is 0. The van der Waals surface area contributed by atoms with Crippen LogP contribution in [0.15, 0.2) is 28.8 Å². The molecule has 0 radical (unpaired) electrons. The van der Waals surface area contributed by atoms with Gasteiger partial charge in [0, 0.05) is 12.0 Å². The quantitative estimate of drug-likeness (QED) is 0.752. The third-order valence-corrected chi connectivity index (χ3v) is 3.17. The van der Waals surface area contributed by atoms with E-state index in [0.29, 0.717) is 18.4 Å². The molecular weight excluding hydrogens is 327 g/mol. The van der Waals surface area contributed by atoms with Crippen molar-refractivity contribution in [2.75, 3.05) is 7.11 Å². The molecule has 2 rings (SSSR count). The normalized spacial score (nSPS) is 11.5. The second-order valence-electron chi connectivity index (χ2n) is 4.98. The average Bonchev–Trinajstić information content (AvgIpc) is 3.03. The van der Waals surface area contributed by atoms with Crippen LogP contribution in [0.4, 0.5) is 13.2 Å². The summed E-state index contributed by atoms with van der Waals surface area (Å²) < 4.78 is 41.6. The number of hydrogen-bond acceptors (Lipinski definition) is 5. The summed E-state index contributed by atoms with van der Waals surface area (Å²) in [5.74, 6) is -1.69. The Bertz CT molecular complexity index is 683. The van der Waals surface area contributed by atoms with E-state index in [1.54, 1.807) is 24.3 Å². The zero-order valence-corrected chi connectivity index (χ0v) is 13.1. The topological polar surface area (TPSA) is 68.5 Å². The lowest BCUT2D eigenvalue weighted by Crippen LogP contribution is -2.29. The van der Waals surface area contributed by atoms with E-state index in [1.807, 2.05) is 6.92 Å². The van der Waals surface area contributed by atoms with Crippen LogP contribution in [-0.2, 0) is 22.4 Å². The van der Waals surface area contributed by atoms with Crippen LogP contribution in [0, 0.1) is 0 Å². The summed E-state index contributed by atoms with van der Waals surface area (Å²) >= 11 is 0. The molecule has 1 heterocycles. The molecule has 0 unspecified atom stereocenters. The summed E-state index contributed by atoms with van der Waals surface area (Å²) in [7, 11) is 1.40. The highest BCUT2D eigenvalue weighted by Gasteiger charge is 2.38. The number of carbonyl (C=O) groups is 1. The number of aromatic nitrogens is 2. The standard InChI is InChI=1S/C15H16F3N3O3/c1-3-4-12(22)21(23-2)9-10-5-7-11(8-6-10)13-19-14(24-20-13)15(16,17)18/h5-8H,3-4,9H2,1-2H3. The summed E-state index contributed by atoms with van der Waals surface area (Å²) in [4.78, 5) is 20.2. The van der Waals surface area contributed by atoms with Crippen LogP contribution in [0.3, 0.4) is 0 Å². The van der Waals surface area contributed by atoms with Crippen LogP contribution >= 0.6 is 0 Å². The molecule has 1 aromatic carbocycles. The molecule has 130 valence electrons. The smallest absolute Gasteiger partial charge is 0.329 e. The van der Waals surface area contributed by atoms with Crippen LogP contribution in [-0.4, -0.2) is 28.2 Å². The molecule has 0 aliphatic rings. The number of benzene rings is 1. The minimum absolute atomic E-state index is 0.142. The third-order valence-electron chi connectivity index (χ3n) is 3.17. The van der Waals surface area contributed by atoms with Crippen LogP contribution in [0.5, 0.6) is 0 Å². The molecule has 1 amide bonds. The molecule has 6 nitrogen and oxygen atoms in total. The molecule has 0 N–H and O–H groups in total. The van der Waals surface area contributed by atoms with E-state index < -0.39 is 12.1 Å². The van der Waals surface area contributed by atoms with E-state index in [1.165, 1.54) is 12.2 Å². The zero-order chi connectivity index (χ0) is 17.7. The van der Waals surface area contributed by atoms with Gasteiger partial charge in [-0.1, -0.05) is 36.3 Å². The summed E-state index contributed by atoms with van der Waals surface area (Å²) in [5, 5.41) is 4.55. The number of hydroxylamine groups is 2. The number of nitrogens with zero attached hydrogens (tertiary/aromatic N) is 3. The minimum atomic E-state index is -4.68. The number of halogens is 3. The van der Waals surface area contributed by atoms with Crippen LogP contribution < -0.4 is 0 Å². The van der Waals surface area contributed by atoms with Crippen LogP contribution in [0.25, 0.3) is 11.4 Å². The summed E-state index contributed by atoms with van der Waals surface area (Å²) in [6, 6.07) is 6.42. The maximum Gasteiger partial charge on any atom is 0.471 e. The van der Waals surface area contributed by atoms with Crippen LogP contribution in [0.1, 0.15) is 31.2 Å². The first kappa shape index (κ1) is 17.9. The first-order valence-corrected chi connectivity index (χ1v) is 7.19. The highest BCUT2D eigenvalue weighted by Crippen LogP contribution is 2.29. The largest absolute Gasteiger partial charge is 0.471 e. The maximum absolute atomic E-state index is 12.5. The van der Waals surface area contributed by atoms with Crippen molar-refractivity contribution < 1.29 is 27.3 Å². The second-order valence-corrected chi connectivity index (χ2v) is 4.98. The van der Waals surface area contributed by atoms with Gasteiger partial charge in [-0.15, -0.1) is 0 Å². The van der Waals surface area contributed by atoms with Gasteiger partial charge in [-0.3, -0.25) is 9.63 Å². The summed E-state index contributed by atoms with van der Waals surface area (Å²) in [5.41, 5.74) is 1.13. The summed E-state index contributed by atoms with van der Waals surface area (Å²) in [6.45, 7) is 2.12. The first-order valence-electron chi connectivity index (χ1n) is 7.19. The zero-order valence-electron chi connectivity index (χ0n) is 13.1. The van der Waals surface area contributed by atoms with Gasteiger partial charge in [0.1, 0.15) is 0 Å². The van der Waals surface area contributed by atoms with Crippen molar-refractivity contribution in [1.29, 1.82) is 0 Å². The molecule has 2 aromatic rings. The first-order chi connectivity index (χ1) is 11.3. The SMILES string of the molecule is CCCC(=O)N(Cc1ccc(-c2noc(C(F)(F)F)n2)cc1)OC. The van der Waals surface area contributed by atoms with Crippen molar-refractivity contribution in [3.8, 4) is 11.4 Å². The Morgan fingerprint density at radius 2 is 1.96 bits per heavy atom. The molecule has 24 heavy (non-hydrogen) atoms. The van der Waals surface area contributed by atoms with Gasteiger partial charge < -0.3 is 4.52 Å². The van der Waals surface area contributed by atoms with E-state index in [4.69, 9.17) is 4.84 Å². The van der Waals surface area contributed by atoms with E-state index in [-0.39, 0.29) is 18.3 Å². The Morgan fingerprint density at radius 3 is 2.46 bits per heavy atom. The predicted octanol–water partition coefficient (Wildman–Crippen LogP) is 3.45. The lowest BCUT2D eigenvalue weighted by molar-refractivity contribution is -0.179. The lowest BCUT2D eigenvalue weighted by atomic mass is 10.1. The minimum Gasteiger partial charge on any atom is -0.329 e. The predicted molar refractivity (Wildman–Crippen MR) is 77.2 cm³/mol. The molecule has 0 aliphatic heterocycles. The van der Waals surface area contributed by atoms with Crippen molar-refractivity contribution in [3.63, 3.8) is 0 Å². The van der Waals surface area contributed by atoms with E-state index >= 15 is 0 Å². The Kier molecular flexibility index (Phi) is 5.55. The second kappa shape index (κ2) is 7.43. The maximum atomic E-state index is 12.5. The van der Waals surface area contributed by atoms with E-state index in [9.17, 15) is 18.0 Å². The van der Waals surface area contributed by atoms with Crippen LogP contribution in [0.2, 0.25) is 0 Å². The Morgan fingerprint density at radius 1 is 1.29 bits per heavy atom. The van der Waals surface area contributed by atoms with Gasteiger partial charge in [-0.25, -0.2) is 5.06 Å². The summed E-state index contributed by atoms with van der Waals surface area (Å²) in [6.07, 6.45) is -3.60. The van der Waals surface area contributed by atoms with Gasteiger partial charge >= 0.3 is 12.1 Å². The number of amides is 1. The molecule has 0 saturated heterocycles. The Labute approximate surface area is 136 Å². The fourth-order valence-corrected chi connectivity index (χ4v) is 1.97. The van der Waals surface area contributed by atoms with Gasteiger partial charge in [-0.05, 0) is 12.0 Å². The lowest BCUT2D eigenvalue weighted by Gasteiger charge is -2.19. The van der Waals surface area contributed by atoms with Crippen molar-refractivity contribution in [2.45, 2.75) is 32.5 Å². The molecule has 1 aromatic heterocycles. The molecule has 0 saturated carbocycles. The molecule has 0 atom stereocenters. The van der Waals surface area contributed by atoms with Gasteiger partial charge in [0.25, 0.3) is 0 Å². The number of alkyl halides is 3. The Balaban J connectivity index is 2.10.